The van der Waals surface area contributed by atoms with Crippen molar-refractivity contribution in [3.8, 4) is 0 Å². The number of piperidine rings is 1. The summed E-state index contributed by atoms with van der Waals surface area (Å²) in [7, 11) is 1.82. The van der Waals surface area contributed by atoms with Crippen molar-refractivity contribution in [1.82, 2.24) is 14.9 Å². The number of hydrogen-bond donors (Lipinski definition) is 0. The van der Waals surface area contributed by atoms with Crippen LogP contribution in [-0.4, -0.2) is 47.5 Å². The van der Waals surface area contributed by atoms with Crippen LogP contribution in [0.15, 0.2) is 12.4 Å². The van der Waals surface area contributed by atoms with E-state index in [-0.39, 0.29) is 5.91 Å². The van der Waals surface area contributed by atoms with Gasteiger partial charge in [0.05, 0.1) is 12.4 Å². The number of amides is 1. The van der Waals surface area contributed by atoms with Gasteiger partial charge in [0.2, 0.25) is 0 Å². The molecule has 110 valence electrons. The van der Waals surface area contributed by atoms with Crippen LogP contribution in [0.4, 0.5) is 5.82 Å². The first-order chi connectivity index (χ1) is 9.72. The van der Waals surface area contributed by atoms with Crippen LogP contribution in [0.25, 0.3) is 0 Å². The Balaban J connectivity index is 1.98. The number of nitrogens with zero attached hydrogens (tertiary/aromatic N) is 4. The number of aromatic nitrogens is 2. The predicted octanol–water partition coefficient (Wildman–Crippen LogP) is 2.34. The van der Waals surface area contributed by atoms with Gasteiger partial charge in [-0.15, -0.1) is 0 Å². The monoisotopic (exact) mass is 276 g/mol. The van der Waals surface area contributed by atoms with E-state index < -0.39 is 0 Å². The Labute approximate surface area is 121 Å². The van der Waals surface area contributed by atoms with Crippen LogP contribution in [0.5, 0.6) is 0 Å². The Morgan fingerprint density at radius 3 is 2.60 bits per heavy atom. The summed E-state index contributed by atoms with van der Waals surface area (Å²) in [6, 6.07) is 0. The summed E-state index contributed by atoms with van der Waals surface area (Å²) in [4.78, 5) is 24.8. The lowest BCUT2D eigenvalue weighted by Gasteiger charge is -2.27. The maximum Gasteiger partial charge on any atom is 0.273 e. The van der Waals surface area contributed by atoms with Crippen LogP contribution < -0.4 is 4.90 Å². The molecule has 0 aliphatic carbocycles. The van der Waals surface area contributed by atoms with Crippen molar-refractivity contribution < 1.29 is 4.79 Å². The molecule has 0 radical (unpaired) electrons. The normalized spacial score (nSPS) is 15.2. The summed E-state index contributed by atoms with van der Waals surface area (Å²) in [6.07, 6.45) is 9.15. The highest BCUT2D eigenvalue weighted by Crippen LogP contribution is 2.16. The van der Waals surface area contributed by atoms with Crippen molar-refractivity contribution in [3.63, 3.8) is 0 Å². The summed E-state index contributed by atoms with van der Waals surface area (Å²) in [6.45, 7) is 4.97. The van der Waals surface area contributed by atoms with Crippen LogP contribution in [0, 0.1) is 0 Å². The van der Waals surface area contributed by atoms with Crippen LogP contribution in [-0.2, 0) is 0 Å². The van der Waals surface area contributed by atoms with E-state index in [4.69, 9.17) is 0 Å². The third-order valence-corrected chi connectivity index (χ3v) is 3.73. The standard InChI is InChI=1S/C15H24N4O/c1-3-4-8-18(2)15(20)13-11-17-14(12-16-13)19-9-6-5-7-10-19/h11-12H,3-10H2,1-2H3. The van der Waals surface area contributed by atoms with E-state index in [0.717, 1.165) is 38.3 Å². The van der Waals surface area contributed by atoms with Crippen molar-refractivity contribution in [2.45, 2.75) is 39.0 Å². The number of hydrogen-bond acceptors (Lipinski definition) is 4. The third-order valence-electron chi connectivity index (χ3n) is 3.73. The molecule has 20 heavy (non-hydrogen) atoms. The first kappa shape index (κ1) is 14.8. The van der Waals surface area contributed by atoms with E-state index in [1.807, 2.05) is 7.05 Å². The lowest BCUT2D eigenvalue weighted by Crippen LogP contribution is -2.31. The van der Waals surface area contributed by atoms with E-state index in [1.54, 1.807) is 17.3 Å². The molecule has 1 saturated heterocycles. The molecule has 2 rings (SSSR count). The smallest absolute Gasteiger partial charge is 0.273 e. The molecular weight excluding hydrogens is 252 g/mol. The second kappa shape index (κ2) is 7.22. The topological polar surface area (TPSA) is 49.3 Å². The van der Waals surface area contributed by atoms with Crippen LogP contribution in [0.1, 0.15) is 49.5 Å². The molecule has 1 aromatic heterocycles. The molecule has 5 heteroatoms. The van der Waals surface area contributed by atoms with Crippen molar-refractivity contribution in [2.75, 3.05) is 31.6 Å². The van der Waals surface area contributed by atoms with E-state index in [1.165, 1.54) is 19.3 Å². The van der Waals surface area contributed by atoms with Gasteiger partial charge in [-0.3, -0.25) is 4.79 Å². The zero-order chi connectivity index (χ0) is 14.4. The fraction of sp³-hybridized carbons (Fsp3) is 0.667. The van der Waals surface area contributed by atoms with Crippen LogP contribution in [0.3, 0.4) is 0 Å². The van der Waals surface area contributed by atoms with Gasteiger partial charge in [0, 0.05) is 26.7 Å². The van der Waals surface area contributed by atoms with Gasteiger partial charge >= 0.3 is 0 Å². The number of rotatable bonds is 5. The van der Waals surface area contributed by atoms with E-state index in [2.05, 4.69) is 21.8 Å². The van der Waals surface area contributed by atoms with Crippen LogP contribution >= 0.6 is 0 Å². The summed E-state index contributed by atoms with van der Waals surface area (Å²) in [5, 5.41) is 0. The molecule has 1 aromatic rings. The number of unbranched alkanes of at least 4 members (excludes halogenated alkanes) is 1. The van der Waals surface area contributed by atoms with Gasteiger partial charge in [-0.05, 0) is 25.7 Å². The first-order valence-electron chi connectivity index (χ1n) is 7.55. The maximum absolute atomic E-state index is 12.1. The fourth-order valence-electron chi connectivity index (χ4n) is 2.41. The summed E-state index contributed by atoms with van der Waals surface area (Å²) >= 11 is 0. The molecule has 5 nitrogen and oxygen atoms in total. The molecule has 1 amide bonds. The quantitative estimate of drug-likeness (QED) is 0.828. The van der Waals surface area contributed by atoms with Gasteiger partial charge < -0.3 is 9.80 Å². The minimum Gasteiger partial charge on any atom is -0.355 e. The summed E-state index contributed by atoms with van der Waals surface area (Å²) in [5.74, 6) is 0.841. The molecule has 1 aliphatic rings. The average molecular weight is 276 g/mol. The SMILES string of the molecule is CCCCN(C)C(=O)c1cnc(N2CCCCC2)cn1. The van der Waals surface area contributed by atoms with Gasteiger partial charge in [-0.25, -0.2) is 9.97 Å². The minimum absolute atomic E-state index is 0.0452. The number of carbonyl (C=O) groups is 1. The molecule has 0 aromatic carbocycles. The van der Waals surface area contributed by atoms with E-state index in [0.29, 0.717) is 5.69 Å². The minimum atomic E-state index is -0.0452. The Hall–Kier alpha value is -1.65. The molecule has 0 saturated carbocycles. The summed E-state index contributed by atoms with van der Waals surface area (Å²) < 4.78 is 0. The van der Waals surface area contributed by atoms with Crippen LogP contribution in [0.2, 0.25) is 0 Å². The highest BCUT2D eigenvalue weighted by Gasteiger charge is 2.16. The molecule has 0 unspecified atom stereocenters. The maximum atomic E-state index is 12.1. The second-order valence-corrected chi connectivity index (χ2v) is 5.39. The Kier molecular flexibility index (Phi) is 5.32. The molecule has 0 atom stereocenters. The lowest BCUT2D eigenvalue weighted by atomic mass is 10.1. The molecule has 1 aliphatic heterocycles. The molecule has 0 N–H and O–H groups in total. The number of carbonyl (C=O) groups excluding carboxylic acids is 1. The van der Waals surface area contributed by atoms with Gasteiger partial charge in [0.1, 0.15) is 11.5 Å². The molecule has 1 fully saturated rings. The fourth-order valence-corrected chi connectivity index (χ4v) is 2.41. The van der Waals surface area contributed by atoms with Crippen molar-refractivity contribution >= 4 is 11.7 Å². The van der Waals surface area contributed by atoms with Gasteiger partial charge in [-0.1, -0.05) is 13.3 Å². The Morgan fingerprint density at radius 1 is 1.25 bits per heavy atom. The predicted molar refractivity (Wildman–Crippen MR) is 80.0 cm³/mol. The average Bonchev–Trinajstić information content (AvgIpc) is 2.53. The Bertz CT molecular complexity index is 426. The zero-order valence-electron chi connectivity index (χ0n) is 12.5. The molecule has 2 heterocycles. The largest absolute Gasteiger partial charge is 0.355 e. The first-order valence-corrected chi connectivity index (χ1v) is 7.55. The molecule has 0 spiro atoms. The third kappa shape index (κ3) is 3.68. The van der Waals surface area contributed by atoms with Gasteiger partial charge in [0.15, 0.2) is 0 Å². The summed E-state index contributed by atoms with van der Waals surface area (Å²) in [5.41, 5.74) is 0.435. The number of anilines is 1. The van der Waals surface area contributed by atoms with E-state index >= 15 is 0 Å². The Morgan fingerprint density at radius 2 is 2.00 bits per heavy atom. The van der Waals surface area contributed by atoms with Crippen molar-refractivity contribution in [3.05, 3.63) is 18.1 Å². The second-order valence-electron chi connectivity index (χ2n) is 5.39. The van der Waals surface area contributed by atoms with Crippen molar-refractivity contribution in [2.24, 2.45) is 0 Å². The molecular formula is C15H24N4O. The van der Waals surface area contributed by atoms with Crippen molar-refractivity contribution in [1.29, 1.82) is 0 Å². The lowest BCUT2D eigenvalue weighted by molar-refractivity contribution is 0.0787. The highest BCUT2D eigenvalue weighted by atomic mass is 16.2. The highest BCUT2D eigenvalue weighted by molar-refractivity contribution is 5.91. The zero-order valence-corrected chi connectivity index (χ0v) is 12.5. The van der Waals surface area contributed by atoms with Gasteiger partial charge in [0.25, 0.3) is 5.91 Å². The molecule has 0 bridgehead atoms. The van der Waals surface area contributed by atoms with E-state index in [9.17, 15) is 4.79 Å². The van der Waals surface area contributed by atoms with Gasteiger partial charge in [-0.2, -0.15) is 0 Å².